The Bertz CT molecular complexity index is 1200. The van der Waals surface area contributed by atoms with Crippen LogP contribution in [0.5, 0.6) is 5.75 Å². The SMILES string of the molecule is CCCCCCN(C(=O)C(CC(C)C)NC(=O)OC(C)(C)C)C(C(=O)Nc1c(C)cccc1Cl)c1ccc(O)c(C)c1. The number of rotatable bonds is 13. The zero-order valence-electron chi connectivity index (χ0n) is 26.3. The molecule has 2 aromatic rings. The van der Waals surface area contributed by atoms with Gasteiger partial charge in [-0.25, -0.2) is 4.79 Å². The number of hydrogen-bond donors (Lipinski definition) is 3. The maximum atomic E-state index is 14.4. The number of aromatic hydroxyl groups is 1. The van der Waals surface area contributed by atoms with Gasteiger partial charge in [-0.15, -0.1) is 0 Å². The number of amides is 3. The van der Waals surface area contributed by atoms with Crippen LogP contribution in [0.2, 0.25) is 5.02 Å². The smallest absolute Gasteiger partial charge is 0.408 e. The summed E-state index contributed by atoms with van der Waals surface area (Å²) in [5.74, 6) is -0.664. The molecular formula is C33H48ClN3O5. The average Bonchev–Trinajstić information content (AvgIpc) is 2.87. The van der Waals surface area contributed by atoms with Crippen molar-refractivity contribution in [3.63, 3.8) is 0 Å². The Labute approximate surface area is 256 Å². The summed E-state index contributed by atoms with van der Waals surface area (Å²) in [6.45, 7) is 15.2. The zero-order chi connectivity index (χ0) is 31.6. The van der Waals surface area contributed by atoms with Gasteiger partial charge in [0.05, 0.1) is 10.7 Å². The molecule has 3 N–H and O–H groups in total. The summed E-state index contributed by atoms with van der Waals surface area (Å²) in [6, 6.07) is 8.26. The quantitative estimate of drug-likeness (QED) is 0.204. The van der Waals surface area contributed by atoms with Gasteiger partial charge in [-0.05, 0) is 88.3 Å². The fraction of sp³-hybridized carbons (Fsp3) is 0.545. The molecule has 3 amide bonds. The molecular weight excluding hydrogens is 554 g/mol. The van der Waals surface area contributed by atoms with Crippen LogP contribution in [0.3, 0.4) is 0 Å². The number of unbranched alkanes of at least 4 members (excludes halogenated alkanes) is 3. The first-order chi connectivity index (χ1) is 19.6. The number of benzene rings is 2. The molecule has 0 bridgehead atoms. The molecule has 0 fully saturated rings. The molecule has 42 heavy (non-hydrogen) atoms. The van der Waals surface area contributed by atoms with Crippen LogP contribution in [0.1, 0.15) is 96.4 Å². The lowest BCUT2D eigenvalue weighted by Gasteiger charge is -2.35. The van der Waals surface area contributed by atoms with Gasteiger partial charge in [0.1, 0.15) is 23.4 Å². The van der Waals surface area contributed by atoms with E-state index in [4.69, 9.17) is 16.3 Å². The minimum Gasteiger partial charge on any atom is -0.508 e. The van der Waals surface area contributed by atoms with Crippen molar-refractivity contribution in [2.24, 2.45) is 5.92 Å². The van der Waals surface area contributed by atoms with E-state index in [1.165, 1.54) is 6.07 Å². The van der Waals surface area contributed by atoms with Crippen molar-refractivity contribution < 1.29 is 24.2 Å². The first-order valence-corrected chi connectivity index (χ1v) is 15.2. The molecule has 2 aromatic carbocycles. The van der Waals surface area contributed by atoms with Crippen LogP contribution in [0, 0.1) is 19.8 Å². The molecule has 232 valence electrons. The highest BCUT2D eigenvalue weighted by atomic mass is 35.5. The van der Waals surface area contributed by atoms with Crippen LogP contribution in [0.15, 0.2) is 36.4 Å². The van der Waals surface area contributed by atoms with Crippen molar-refractivity contribution in [3.8, 4) is 5.75 Å². The highest BCUT2D eigenvalue weighted by molar-refractivity contribution is 6.34. The standard InChI is InChI=1S/C33H48ClN3O5/c1-9-10-11-12-18-37(31(40)26(19-21(2)3)35-32(41)42-33(6,7)8)29(24-16-17-27(38)23(5)20-24)30(39)36-28-22(4)14-13-15-25(28)34/h13-17,20-21,26,29,38H,9-12,18-19H2,1-8H3,(H,35,41)(H,36,39). The first-order valence-electron chi connectivity index (χ1n) is 14.8. The highest BCUT2D eigenvalue weighted by Gasteiger charge is 2.37. The molecule has 8 nitrogen and oxygen atoms in total. The molecule has 2 rings (SSSR count). The number of aryl methyl sites for hydroxylation is 2. The lowest BCUT2D eigenvalue weighted by molar-refractivity contribution is -0.141. The Morgan fingerprint density at radius 3 is 2.29 bits per heavy atom. The summed E-state index contributed by atoms with van der Waals surface area (Å²) in [5, 5.41) is 16.4. The monoisotopic (exact) mass is 601 g/mol. The molecule has 2 atom stereocenters. The molecule has 0 aromatic heterocycles. The maximum Gasteiger partial charge on any atom is 0.408 e. The summed E-state index contributed by atoms with van der Waals surface area (Å²) in [6.07, 6.45) is 3.21. The number of alkyl carbamates (subject to hydrolysis) is 1. The summed E-state index contributed by atoms with van der Waals surface area (Å²) >= 11 is 6.46. The minimum absolute atomic E-state index is 0.0739. The molecule has 0 radical (unpaired) electrons. The van der Waals surface area contributed by atoms with Gasteiger partial charge in [0.2, 0.25) is 5.91 Å². The number of phenolic OH excluding ortho intramolecular Hbond substituents is 1. The fourth-order valence-electron chi connectivity index (χ4n) is 4.72. The van der Waals surface area contributed by atoms with E-state index in [0.29, 0.717) is 41.2 Å². The zero-order valence-corrected chi connectivity index (χ0v) is 27.1. The van der Waals surface area contributed by atoms with Gasteiger partial charge in [-0.3, -0.25) is 9.59 Å². The predicted octanol–water partition coefficient (Wildman–Crippen LogP) is 7.69. The third-order valence-electron chi connectivity index (χ3n) is 6.80. The first kappa shape index (κ1) is 34.9. The van der Waals surface area contributed by atoms with Crippen LogP contribution in [-0.2, 0) is 14.3 Å². The second-order valence-electron chi connectivity index (χ2n) is 12.3. The van der Waals surface area contributed by atoms with Crippen molar-refractivity contribution in [1.82, 2.24) is 10.2 Å². The predicted molar refractivity (Wildman–Crippen MR) is 169 cm³/mol. The van der Waals surface area contributed by atoms with Gasteiger partial charge in [0.15, 0.2) is 0 Å². The summed E-state index contributed by atoms with van der Waals surface area (Å²) in [5.41, 5.74) is 1.61. The molecule has 0 saturated carbocycles. The molecule has 2 unspecified atom stereocenters. The van der Waals surface area contributed by atoms with Crippen LogP contribution < -0.4 is 10.6 Å². The number of carbonyl (C=O) groups excluding carboxylic acids is 3. The fourth-order valence-corrected chi connectivity index (χ4v) is 4.99. The second kappa shape index (κ2) is 15.8. The Hall–Kier alpha value is -3.26. The van der Waals surface area contributed by atoms with E-state index in [-0.39, 0.29) is 17.6 Å². The molecule has 0 aliphatic rings. The van der Waals surface area contributed by atoms with Crippen LogP contribution in [0.4, 0.5) is 10.5 Å². The van der Waals surface area contributed by atoms with Gasteiger partial charge in [0, 0.05) is 6.54 Å². The van der Waals surface area contributed by atoms with Gasteiger partial charge in [-0.2, -0.15) is 0 Å². The number of ether oxygens (including phenoxy) is 1. The van der Waals surface area contributed by atoms with E-state index in [1.807, 2.05) is 26.8 Å². The summed E-state index contributed by atoms with van der Waals surface area (Å²) in [4.78, 5) is 42.9. The minimum atomic E-state index is -1.05. The molecule has 0 saturated heterocycles. The lowest BCUT2D eigenvalue weighted by Crippen LogP contribution is -2.53. The van der Waals surface area contributed by atoms with E-state index < -0.39 is 29.7 Å². The van der Waals surface area contributed by atoms with Crippen molar-refractivity contribution in [3.05, 3.63) is 58.1 Å². The number of hydrogen-bond acceptors (Lipinski definition) is 5. The Morgan fingerprint density at radius 2 is 1.71 bits per heavy atom. The highest BCUT2D eigenvalue weighted by Crippen LogP contribution is 2.31. The number of halogens is 1. The second-order valence-corrected chi connectivity index (χ2v) is 12.7. The van der Waals surface area contributed by atoms with Crippen LogP contribution >= 0.6 is 11.6 Å². The van der Waals surface area contributed by atoms with Gasteiger partial charge in [-0.1, -0.05) is 69.8 Å². The van der Waals surface area contributed by atoms with Gasteiger partial charge in [0.25, 0.3) is 5.91 Å². The van der Waals surface area contributed by atoms with Gasteiger partial charge < -0.3 is 25.4 Å². The number of carbonyl (C=O) groups is 3. The van der Waals surface area contributed by atoms with E-state index >= 15 is 0 Å². The summed E-state index contributed by atoms with van der Waals surface area (Å²) in [7, 11) is 0. The Kier molecular flexibility index (Phi) is 13.2. The Morgan fingerprint density at radius 1 is 1.02 bits per heavy atom. The Balaban J connectivity index is 2.62. The lowest BCUT2D eigenvalue weighted by atomic mass is 9.97. The normalized spacial score (nSPS) is 12.9. The molecule has 0 heterocycles. The number of para-hydroxylation sites is 1. The van der Waals surface area contributed by atoms with Crippen molar-refractivity contribution >= 4 is 35.2 Å². The molecule has 0 spiro atoms. The third-order valence-corrected chi connectivity index (χ3v) is 7.11. The van der Waals surface area contributed by atoms with Crippen LogP contribution in [-0.4, -0.2) is 46.1 Å². The van der Waals surface area contributed by atoms with Crippen molar-refractivity contribution in [2.75, 3.05) is 11.9 Å². The maximum absolute atomic E-state index is 14.4. The van der Waals surface area contributed by atoms with Crippen molar-refractivity contribution in [2.45, 2.75) is 105 Å². The number of nitrogens with one attached hydrogen (secondary N) is 2. The topological polar surface area (TPSA) is 108 Å². The van der Waals surface area contributed by atoms with Crippen LogP contribution in [0.25, 0.3) is 0 Å². The largest absolute Gasteiger partial charge is 0.508 e. The van der Waals surface area contributed by atoms with E-state index in [0.717, 1.165) is 24.8 Å². The molecule has 0 aliphatic heterocycles. The van der Waals surface area contributed by atoms with Crippen molar-refractivity contribution in [1.29, 1.82) is 0 Å². The average molecular weight is 602 g/mol. The van der Waals surface area contributed by atoms with E-state index in [9.17, 15) is 19.5 Å². The molecule has 9 heteroatoms. The third kappa shape index (κ3) is 10.5. The molecule has 0 aliphatic carbocycles. The van der Waals surface area contributed by atoms with E-state index in [1.54, 1.807) is 56.9 Å². The summed E-state index contributed by atoms with van der Waals surface area (Å²) < 4.78 is 5.48. The number of phenols is 1. The number of nitrogens with zero attached hydrogens (tertiary/aromatic N) is 1. The number of anilines is 1. The van der Waals surface area contributed by atoms with Gasteiger partial charge >= 0.3 is 6.09 Å². The van der Waals surface area contributed by atoms with E-state index in [2.05, 4.69) is 17.6 Å².